The Morgan fingerprint density at radius 3 is 2.47 bits per heavy atom. The van der Waals surface area contributed by atoms with Gasteiger partial charge in [-0.2, -0.15) is 4.31 Å². The number of hydrogen-bond donors (Lipinski definition) is 0. The summed E-state index contributed by atoms with van der Waals surface area (Å²) in [5.41, 5.74) is 4.51. The van der Waals surface area contributed by atoms with Crippen LogP contribution >= 0.6 is 11.3 Å². The third-order valence-electron chi connectivity index (χ3n) is 7.03. The zero-order valence-corrected chi connectivity index (χ0v) is 23.4. The normalized spacial score (nSPS) is 15.8. The van der Waals surface area contributed by atoms with Crippen LogP contribution in [0.3, 0.4) is 0 Å². The van der Waals surface area contributed by atoms with Gasteiger partial charge < -0.3 is 4.74 Å². The van der Waals surface area contributed by atoms with Gasteiger partial charge in [-0.15, -0.1) is 0 Å². The number of likely N-dealkylation sites (N-methyl/N-ethyl adjacent to an activating group) is 1. The fourth-order valence-electron chi connectivity index (χ4n) is 4.60. The standard InChI is InChI=1S/C29H31N3O4S2/c1-20-11-16-26-27(21(20)2)30-29(37-26)32(18-22-8-5-4-6-9-22)28(33)23-12-14-25(15-13-23)38(34,35)31(3)19-24-10-7-17-36-24/h4-6,8-9,11-16,24H,7,10,17-19H2,1-3H3. The van der Waals surface area contributed by atoms with Crippen LogP contribution in [0.2, 0.25) is 0 Å². The minimum atomic E-state index is -3.70. The zero-order valence-electron chi connectivity index (χ0n) is 21.8. The van der Waals surface area contributed by atoms with E-state index < -0.39 is 10.0 Å². The van der Waals surface area contributed by atoms with Crippen molar-refractivity contribution in [2.24, 2.45) is 0 Å². The molecule has 4 aromatic rings. The topological polar surface area (TPSA) is 79.8 Å². The van der Waals surface area contributed by atoms with Crippen LogP contribution in [-0.4, -0.2) is 49.9 Å². The van der Waals surface area contributed by atoms with Crippen LogP contribution in [0.15, 0.2) is 71.6 Å². The number of ether oxygens (including phenoxy) is 1. The number of benzene rings is 3. The van der Waals surface area contributed by atoms with Gasteiger partial charge in [0, 0.05) is 25.8 Å². The average Bonchev–Trinajstić information content (AvgIpc) is 3.60. The highest BCUT2D eigenvalue weighted by Gasteiger charge is 2.27. The maximum Gasteiger partial charge on any atom is 0.260 e. The number of aromatic nitrogens is 1. The van der Waals surface area contributed by atoms with Crippen molar-refractivity contribution in [2.75, 3.05) is 25.1 Å². The number of carbonyl (C=O) groups excluding carboxylic acids is 1. The fraction of sp³-hybridized carbons (Fsp3) is 0.310. The molecule has 0 saturated carbocycles. The Labute approximate surface area is 227 Å². The number of thiazole rings is 1. The van der Waals surface area contributed by atoms with Crippen molar-refractivity contribution in [2.45, 2.75) is 44.2 Å². The predicted octanol–water partition coefficient (Wildman–Crippen LogP) is 5.56. The molecule has 1 atom stereocenters. The van der Waals surface area contributed by atoms with Gasteiger partial charge in [-0.25, -0.2) is 13.4 Å². The Morgan fingerprint density at radius 1 is 1.05 bits per heavy atom. The number of aryl methyl sites for hydroxylation is 2. The molecule has 2 heterocycles. The Morgan fingerprint density at radius 2 is 1.79 bits per heavy atom. The van der Waals surface area contributed by atoms with Gasteiger partial charge in [-0.05, 0) is 73.7 Å². The number of carbonyl (C=O) groups is 1. The van der Waals surface area contributed by atoms with Crippen molar-refractivity contribution < 1.29 is 17.9 Å². The highest BCUT2D eigenvalue weighted by atomic mass is 32.2. The van der Waals surface area contributed by atoms with E-state index in [9.17, 15) is 13.2 Å². The molecular weight excluding hydrogens is 518 g/mol. The SMILES string of the molecule is Cc1ccc2sc(N(Cc3ccccc3)C(=O)c3ccc(S(=O)(=O)N(C)CC4CCCO4)cc3)nc2c1C. The number of anilines is 1. The molecule has 7 nitrogen and oxygen atoms in total. The van der Waals surface area contributed by atoms with Gasteiger partial charge in [0.2, 0.25) is 10.0 Å². The van der Waals surface area contributed by atoms with E-state index in [0.29, 0.717) is 30.4 Å². The largest absolute Gasteiger partial charge is 0.377 e. The van der Waals surface area contributed by atoms with E-state index in [4.69, 9.17) is 9.72 Å². The van der Waals surface area contributed by atoms with Crippen molar-refractivity contribution in [1.82, 2.24) is 9.29 Å². The molecule has 9 heteroatoms. The van der Waals surface area contributed by atoms with Crippen molar-refractivity contribution in [3.63, 3.8) is 0 Å². The molecule has 3 aromatic carbocycles. The number of fused-ring (bicyclic) bond motifs is 1. The van der Waals surface area contributed by atoms with E-state index in [0.717, 1.165) is 39.7 Å². The van der Waals surface area contributed by atoms with E-state index in [2.05, 4.69) is 13.0 Å². The molecule has 0 aliphatic carbocycles. The number of nitrogens with zero attached hydrogens (tertiary/aromatic N) is 3. The fourth-order valence-corrected chi connectivity index (χ4v) is 6.83. The lowest BCUT2D eigenvalue weighted by Crippen LogP contribution is -2.34. The first-order chi connectivity index (χ1) is 18.2. The molecule has 1 aliphatic rings. The van der Waals surface area contributed by atoms with Crippen molar-refractivity contribution in [1.29, 1.82) is 0 Å². The Balaban J connectivity index is 1.44. The van der Waals surface area contributed by atoms with E-state index >= 15 is 0 Å². The molecule has 0 radical (unpaired) electrons. The van der Waals surface area contributed by atoms with E-state index in [-0.39, 0.29) is 16.9 Å². The van der Waals surface area contributed by atoms with Crippen LogP contribution < -0.4 is 4.90 Å². The number of sulfonamides is 1. The predicted molar refractivity (Wildman–Crippen MR) is 151 cm³/mol. The summed E-state index contributed by atoms with van der Waals surface area (Å²) in [6.07, 6.45) is 1.72. The number of hydrogen-bond acceptors (Lipinski definition) is 6. The van der Waals surface area contributed by atoms with Crippen LogP contribution in [0, 0.1) is 13.8 Å². The summed E-state index contributed by atoms with van der Waals surface area (Å²) < 4.78 is 34.2. The molecule has 1 amide bonds. The van der Waals surface area contributed by atoms with Gasteiger partial charge in [0.25, 0.3) is 5.91 Å². The summed E-state index contributed by atoms with van der Waals surface area (Å²) in [5, 5.41) is 0.607. The first kappa shape index (κ1) is 26.5. The van der Waals surface area contributed by atoms with Gasteiger partial charge in [-0.1, -0.05) is 47.7 Å². The molecule has 38 heavy (non-hydrogen) atoms. The van der Waals surface area contributed by atoms with Gasteiger partial charge in [0.05, 0.1) is 27.8 Å². The second-order valence-electron chi connectivity index (χ2n) is 9.67. The highest BCUT2D eigenvalue weighted by Crippen LogP contribution is 2.33. The number of rotatable bonds is 8. The summed E-state index contributed by atoms with van der Waals surface area (Å²) in [6.45, 7) is 5.42. The molecule has 5 rings (SSSR count). The van der Waals surface area contributed by atoms with E-state index in [1.807, 2.05) is 43.3 Å². The van der Waals surface area contributed by atoms with Crippen LogP contribution in [0.5, 0.6) is 0 Å². The van der Waals surface area contributed by atoms with Gasteiger partial charge >= 0.3 is 0 Å². The minimum absolute atomic E-state index is 0.0802. The van der Waals surface area contributed by atoms with Crippen LogP contribution in [0.1, 0.15) is 39.9 Å². The maximum atomic E-state index is 13.8. The third-order valence-corrected chi connectivity index (χ3v) is 9.91. The van der Waals surface area contributed by atoms with Gasteiger partial charge in [-0.3, -0.25) is 9.69 Å². The van der Waals surface area contributed by atoms with Crippen molar-refractivity contribution >= 4 is 42.6 Å². The van der Waals surface area contributed by atoms with Crippen molar-refractivity contribution in [3.05, 3.63) is 89.0 Å². The van der Waals surface area contributed by atoms with Gasteiger partial charge in [0.15, 0.2) is 5.13 Å². The first-order valence-electron chi connectivity index (χ1n) is 12.6. The Bertz CT molecular complexity index is 1540. The molecule has 1 aromatic heterocycles. The minimum Gasteiger partial charge on any atom is -0.377 e. The smallest absolute Gasteiger partial charge is 0.260 e. The maximum absolute atomic E-state index is 13.8. The van der Waals surface area contributed by atoms with E-state index in [1.165, 1.54) is 27.8 Å². The van der Waals surface area contributed by atoms with Gasteiger partial charge in [0.1, 0.15) is 0 Å². The first-order valence-corrected chi connectivity index (χ1v) is 14.9. The summed E-state index contributed by atoms with van der Waals surface area (Å²) in [4.78, 5) is 20.5. The Kier molecular flexibility index (Phi) is 7.63. The summed E-state index contributed by atoms with van der Waals surface area (Å²) >= 11 is 1.48. The molecule has 1 saturated heterocycles. The quantitative estimate of drug-likeness (QED) is 0.288. The molecular formula is C29H31N3O4S2. The van der Waals surface area contributed by atoms with Crippen LogP contribution in [-0.2, 0) is 21.3 Å². The molecule has 1 unspecified atom stereocenters. The highest BCUT2D eigenvalue weighted by molar-refractivity contribution is 7.89. The van der Waals surface area contributed by atoms with E-state index in [1.54, 1.807) is 24.1 Å². The lowest BCUT2D eigenvalue weighted by Gasteiger charge is -2.22. The molecule has 0 bridgehead atoms. The lowest BCUT2D eigenvalue weighted by molar-refractivity contribution is 0.0978. The second-order valence-corrected chi connectivity index (χ2v) is 12.7. The zero-order chi connectivity index (χ0) is 26.9. The second kappa shape index (κ2) is 10.9. The van der Waals surface area contributed by atoms with Crippen LogP contribution in [0.25, 0.3) is 10.2 Å². The van der Waals surface area contributed by atoms with Crippen molar-refractivity contribution in [3.8, 4) is 0 Å². The summed E-state index contributed by atoms with van der Waals surface area (Å²) in [5.74, 6) is -0.237. The molecule has 0 spiro atoms. The Hall–Kier alpha value is -3.11. The number of amides is 1. The lowest BCUT2D eigenvalue weighted by atomic mass is 10.1. The van der Waals surface area contributed by atoms with Crippen LogP contribution in [0.4, 0.5) is 5.13 Å². The average molecular weight is 550 g/mol. The summed E-state index contributed by atoms with van der Waals surface area (Å²) in [7, 11) is -2.13. The summed E-state index contributed by atoms with van der Waals surface area (Å²) in [6, 6.07) is 20.0. The molecule has 0 N–H and O–H groups in total. The monoisotopic (exact) mass is 549 g/mol. The third kappa shape index (κ3) is 5.37. The molecule has 1 aliphatic heterocycles. The molecule has 198 valence electrons. The molecule has 1 fully saturated rings.